The van der Waals surface area contributed by atoms with Crippen molar-refractivity contribution in [3.05, 3.63) is 35.9 Å². The Morgan fingerprint density at radius 1 is 1.25 bits per heavy atom. The minimum absolute atomic E-state index is 0.0154. The molecule has 0 aliphatic heterocycles. The topological polar surface area (TPSA) is 41.1 Å². The molecular weight excluding hydrogens is 200 g/mol. The van der Waals surface area contributed by atoms with E-state index in [1.54, 1.807) is 7.05 Å². The van der Waals surface area contributed by atoms with E-state index in [4.69, 9.17) is 0 Å². The zero-order chi connectivity index (χ0) is 12.0. The number of nitrogens with one attached hydrogen (secondary N) is 2. The van der Waals surface area contributed by atoms with Crippen LogP contribution in [0.25, 0.3) is 0 Å². The minimum atomic E-state index is 0.0154. The van der Waals surface area contributed by atoms with E-state index in [-0.39, 0.29) is 11.9 Å². The third-order valence-electron chi connectivity index (χ3n) is 2.59. The molecule has 0 aliphatic rings. The largest absolute Gasteiger partial charge is 0.358 e. The molecule has 1 rings (SSSR count). The molecule has 1 aromatic carbocycles. The first-order chi connectivity index (χ1) is 7.65. The molecule has 0 saturated heterocycles. The zero-order valence-corrected chi connectivity index (χ0v) is 10.2. The van der Waals surface area contributed by atoms with Gasteiger partial charge in [-0.2, -0.15) is 0 Å². The van der Waals surface area contributed by atoms with Crippen molar-refractivity contribution in [2.45, 2.75) is 19.9 Å². The zero-order valence-electron chi connectivity index (χ0n) is 10.2. The van der Waals surface area contributed by atoms with Crippen LogP contribution < -0.4 is 10.6 Å². The molecule has 2 N–H and O–H groups in total. The predicted octanol–water partition coefficient (Wildman–Crippen LogP) is 1.72. The lowest BCUT2D eigenvalue weighted by Crippen LogP contribution is -2.35. The number of carbonyl (C=O) groups is 1. The molecule has 0 fully saturated rings. The SMILES string of the molecule is CNC(=O)CNC(c1ccccc1)C(C)C. The van der Waals surface area contributed by atoms with Gasteiger partial charge in [0.15, 0.2) is 0 Å². The third kappa shape index (κ3) is 3.66. The number of rotatable bonds is 5. The van der Waals surface area contributed by atoms with Gasteiger partial charge in [-0.1, -0.05) is 44.2 Å². The van der Waals surface area contributed by atoms with Gasteiger partial charge in [-0.3, -0.25) is 4.79 Å². The standard InChI is InChI=1S/C13H20N2O/c1-10(2)13(15-9-12(16)14-3)11-7-5-4-6-8-11/h4-8,10,13,15H,9H2,1-3H3,(H,14,16). The van der Waals surface area contributed by atoms with Crippen molar-refractivity contribution in [1.82, 2.24) is 10.6 Å². The lowest BCUT2D eigenvalue weighted by molar-refractivity contribution is -0.119. The highest BCUT2D eigenvalue weighted by molar-refractivity contribution is 5.77. The molecular formula is C13H20N2O. The Morgan fingerprint density at radius 2 is 1.88 bits per heavy atom. The van der Waals surface area contributed by atoms with Gasteiger partial charge in [0.05, 0.1) is 6.54 Å². The van der Waals surface area contributed by atoms with Crippen molar-refractivity contribution >= 4 is 5.91 Å². The predicted molar refractivity (Wildman–Crippen MR) is 66.1 cm³/mol. The summed E-state index contributed by atoms with van der Waals surface area (Å²) in [5.41, 5.74) is 1.22. The summed E-state index contributed by atoms with van der Waals surface area (Å²) >= 11 is 0. The molecule has 16 heavy (non-hydrogen) atoms. The van der Waals surface area contributed by atoms with Crippen molar-refractivity contribution in [2.75, 3.05) is 13.6 Å². The molecule has 0 aliphatic carbocycles. The quantitative estimate of drug-likeness (QED) is 0.793. The van der Waals surface area contributed by atoms with Gasteiger partial charge in [0, 0.05) is 13.1 Å². The van der Waals surface area contributed by atoms with E-state index in [0.717, 1.165) is 0 Å². The monoisotopic (exact) mass is 220 g/mol. The van der Waals surface area contributed by atoms with E-state index < -0.39 is 0 Å². The van der Waals surface area contributed by atoms with Crippen LogP contribution in [-0.2, 0) is 4.79 Å². The molecule has 0 radical (unpaired) electrons. The lowest BCUT2D eigenvalue weighted by atomic mass is 9.96. The summed E-state index contributed by atoms with van der Waals surface area (Å²) < 4.78 is 0. The van der Waals surface area contributed by atoms with E-state index in [1.165, 1.54) is 5.56 Å². The minimum Gasteiger partial charge on any atom is -0.358 e. The number of amides is 1. The van der Waals surface area contributed by atoms with Crippen LogP contribution >= 0.6 is 0 Å². The molecule has 1 amide bonds. The van der Waals surface area contributed by atoms with Gasteiger partial charge in [0.2, 0.25) is 5.91 Å². The fraction of sp³-hybridized carbons (Fsp3) is 0.462. The second-order valence-corrected chi connectivity index (χ2v) is 4.19. The van der Waals surface area contributed by atoms with Gasteiger partial charge in [0.1, 0.15) is 0 Å². The molecule has 88 valence electrons. The molecule has 0 spiro atoms. The summed E-state index contributed by atoms with van der Waals surface area (Å²) in [6, 6.07) is 10.4. The maximum absolute atomic E-state index is 11.2. The molecule has 1 aromatic rings. The van der Waals surface area contributed by atoms with Gasteiger partial charge < -0.3 is 10.6 Å². The van der Waals surface area contributed by atoms with Gasteiger partial charge in [-0.05, 0) is 11.5 Å². The van der Waals surface area contributed by atoms with Crippen LogP contribution in [0.2, 0.25) is 0 Å². The number of carbonyl (C=O) groups excluding carboxylic acids is 1. The molecule has 1 unspecified atom stereocenters. The first-order valence-corrected chi connectivity index (χ1v) is 5.64. The van der Waals surface area contributed by atoms with Crippen molar-refractivity contribution in [3.8, 4) is 0 Å². The van der Waals surface area contributed by atoms with Crippen molar-refractivity contribution in [3.63, 3.8) is 0 Å². The van der Waals surface area contributed by atoms with E-state index >= 15 is 0 Å². The van der Waals surface area contributed by atoms with Gasteiger partial charge in [-0.15, -0.1) is 0 Å². The van der Waals surface area contributed by atoms with Gasteiger partial charge in [0.25, 0.3) is 0 Å². The number of hydrogen-bond donors (Lipinski definition) is 2. The fourth-order valence-corrected chi connectivity index (χ4v) is 1.69. The van der Waals surface area contributed by atoms with Gasteiger partial charge >= 0.3 is 0 Å². The Kier molecular flexibility index (Phi) is 4.99. The van der Waals surface area contributed by atoms with E-state index in [2.05, 4.69) is 36.6 Å². The molecule has 1 atom stereocenters. The van der Waals surface area contributed by atoms with E-state index in [0.29, 0.717) is 12.5 Å². The van der Waals surface area contributed by atoms with Crippen LogP contribution in [0.4, 0.5) is 0 Å². The fourth-order valence-electron chi connectivity index (χ4n) is 1.69. The van der Waals surface area contributed by atoms with Crippen molar-refractivity contribution < 1.29 is 4.79 Å². The Balaban J connectivity index is 2.66. The first kappa shape index (κ1) is 12.7. The van der Waals surface area contributed by atoms with Crippen molar-refractivity contribution in [2.24, 2.45) is 5.92 Å². The van der Waals surface area contributed by atoms with Crippen LogP contribution in [0.5, 0.6) is 0 Å². The van der Waals surface area contributed by atoms with E-state index in [1.807, 2.05) is 18.2 Å². The average molecular weight is 220 g/mol. The second kappa shape index (κ2) is 6.28. The maximum Gasteiger partial charge on any atom is 0.233 e. The second-order valence-electron chi connectivity index (χ2n) is 4.19. The Hall–Kier alpha value is -1.35. The number of benzene rings is 1. The highest BCUT2D eigenvalue weighted by Gasteiger charge is 2.15. The lowest BCUT2D eigenvalue weighted by Gasteiger charge is -2.22. The molecule has 0 aromatic heterocycles. The van der Waals surface area contributed by atoms with Crippen LogP contribution in [0.1, 0.15) is 25.5 Å². The molecule has 0 bridgehead atoms. The summed E-state index contributed by atoms with van der Waals surface area (Å²) in [5.74, 6) is 0.466. The Labute approximate surface area is 97.2 Å². The molecule has 0 saturated carbocycles. The highest BCUT2D eigenvalue weighted by atomic mass is 16.1. The Bertz CT molecular complexity index is 322. The normalized spacial score (nSPS) is 12.5. The molecule has 3 nitrogen and oxygen atoms in total. The van der Waals surface area contributed by atoms with Gasteiger partial charge in [-0.25, -0.2) is 0 Å². The summed E-state index contributed by atoms with van der Waals surface area (Å²) in [5, 5.41) is 5.88. The Morgan fingerprint density at radius 3 is 2.38 bits per heavy atom. The summed E-state index contributed by atoms with van der Waals surface area (Å²) in [6.45, 7) is 4.65. The van der Waals surface area contributed by atoms with Crippen LogP contribution in [0, 0.1) is 5.92 Å². The molecule has 3 heteroatoms. The first-order valence-electron chi connectivity index (χ1n) is 5.64. The molecule has 0 heterocycles. The van der Waals surface area contributed by atoms with Crippen LogP contribution in [0.3, 0.4) is 0 Å². The summed E-state index contributed by atoms with van der Waals surface area (Å²) in [6.07, 6.45) is 0. The number of likely N-dealkylation sites (N-methyl/N-ethyl adjacent to an activating group) is 1. The average Bonchev–Trinajstić information content (AvgIpc) is 2.30. The summed E-state index contributed by atoms with van der Waals surface area (Å²) in [4.78, 5) is 11.2. The smallest absolute Gasteiger partial charge is 0.233 e. The van der Waals surface area contributed by atoms with Crippen LogP contribution in [0.15, 0.2) is 30.3 Å². The number of hydrogen-bond acceptors (Lipinski definition) is 2. The van der Waals surface area contributed by atoms with Crippen LogP contribution in [-0.4, -0.2) is 19.5 Å². The third-order valence-corrected chi connectivity index (χ3v) is 2.59. The maximum atomic E-state index is 11.2. The van der Waals surface area contributed by atoms with Crippen molar-refractivity contribution in [1.29, 1.82) is 0 Å². The van der Waals surface area contributed by atoms with E-state index in [9.17, 15) is 4.79 Å². The summed E-state index contributed by atoms with van der Waals surface area (Å²) in [7, 11) is 1.65. The highest BCUT2D eigenvalue weighted by Crippen LogP contribution is 2.20.